The van der Waals surface area contributed by atoms with Crippen LogP contribution in [0.3, 0.4) is 0 Å². The summed E-state index contributed by atoms with van der Waals surface area (Å²) in [6, 6.07) is -0.911. The van der Waals surface area contributed by atoms with E-state index in [1.807, 2.05) is 27.2 Å². The summed E-state index contributed by atoms with van der Waals surface area (Å²) < 4.78 is 23.4. The fourth-order valence-corrected chi connectivity index (χ4v) is 9.43. The van der Waals surface area contributed by atoms with Crippen LogP contribution in [0, 0.1) is 0 Å². The van der Waals surface area contributed by atoms with Crippen molar-refractivity contribution in [2.45, 2.75) is 289 Å². The molecule has 0 rings (SSSR count). The normalized spacial score (nSPS) is 14.3. The molecule has 416 valence electrons. The number of phosphoric acid groups is 1. The van der Waals surface area contributed by atoms with Gasteiger partial charge in [0.25, 0.3) is 7.82 Å². The number of carbonyl (C=O) groups is 1. The molecule has 0 aliphatic heterocycles. The molecule has 0 aromatic heterocycles. The fraction of sp³-hybridized carbons (Fsp3) is 0.823. The zero-order valence-corrected chi connectivity index (χ0v) is 48.3. The molecule has 0 saturated carbocycles. The van der Waals surface area contributed by atoms with E-state index in [2.05, 4.69) is 67.8 Å². The summed E-state index contributed by atoms with van der Waals surface area (Å²) in [5, 5.41) is 13.9. The lowest BCUT2D eigenvalue weighted by Gasteiger charge is -2.29. The maximum atomic E-state index is 13.0. The molecule has 0 aromatic carbocycles. The summed E-state index contributed by atoms with van der Waals surface area (Å²) in [4.78, 5) is 25.5. The monoisotopic (exact) mass is 1020 g/mol. The molecule has 0 aliphatic rings. The topological polar surface area (TPSA) is 108 Å². The summed E-state index contributed by atoms with van der Waals surface area (Å²) in [5.41, 5.74) is 0. The number of unbranched alkanes of at least 4 members (excludes halogenated alkanes) is 34. The van der Waals surface area contributed by atoms with E-state index in [9.17, 15) is 19.4 Å². The molecule has 0 fully saturated rings. The van der Waals surface area contributed by atoms with Crippen molar-refractivity contribution in [2.75, 3.05) is 40.9 Å². The van der Waals surface area contributed by atoms with Crippen LogP contribution in [0.5, 0.6) is 0 Å². The van der Waals surface area contributed by atoms with E-state index < -0.39 is 26.6 Å². The van der Waals surface area contributed by atoms with Crippen molar-refractivity contribution < 1.29 is 32.9 Å². The number of hydrogen-bond acceptors (Lipinski definition) is 6. The predicted molar refractivity (Wildman–Crippen MR) is 307 cm³/mol. The lowest BCUT2D eigenvalue weighted by molar-refractivity contribution is -0.870. The van der Waals surface area contributed by atoms with Crippen molar-refractivity contribution >= 4 is 13.7 Å². The Bertz CT molecular complexity index is 1340. The van der Waals surface area contributed by atoms with Gasteiger partial charge in [-0.25, -0.2) is 0 Å². The van der Waals surface area contributed by atoms with Crippen LogP contribution in [-0.4, -0.2) is 68.5 Å². The molecule has 0 radical (unpaired) electrons. The number of phosphoric ester groups is 1. The number of carbonyl (C=O) groups excluding carboxylic acids is 1. The molecule has 0 aliphatic carbocycles. The van der Waals surface area contributed by atoms with Crippen molar-refractivity contribution in [2.24, 2.45) is 0 Å². The van der Waals surface area contributed by atoms with Crippen molar-refractivity contribution in [3.8, 4) is 0 Å². The number of rotatable bonds is 55. The van der Waals surface area contributed by atoms with Crippen LogP contribution in [0.2, 0.25) is 0 Å². The van der Waals surface area contributed by atoms with Gasteiger partial charge in [0.2, 0.25) is 5.91 Å². The number of quaternary nitrogens is 1. The molecule has 2 N–H and O–H groups in total. The number of aliphatic hydroxyl groups excluding tert-OH is 1. The van der Waals surface area contributed by atoms with Crippen LogP contribution in [0.15, 0.2) is 60.8 Å². The van der Waals surface area contributed by atoms with Crippen molar-refractivity contribution in [1.29, 1.82) is 0 Å². The Hall–Kier alpha value is -1.80. The summed E-state index contributed by atoms with van der Waals surface area (Å²) in [5.74, 6) is -0.213. The summed E-state index contributed by atoms with van der Waals surface area (Å²) in [6.45, 7) is 4.64. The minimum Gasteiger partial charge on any atom is -0.756 e. The molecule has 9 heteroatoms. The Morgan fingerprint density at radius 2 is 0.831 bits per heavy atom. The second-order valence-electron chi connectivity index (χ2n) is 21.7. The highest BCUT2D eigenvalue weighted by Gasteiger charge is 2.23. The van der Waals surface area contributed by atoms with Gasteiger partial charge in [0.1, 0.15) is 13.2 Å². The van der Waals surface area contributed by atoms with Gasteiger partial charge in [0, 0.05) is 6.42 Å². The van der Waals surface area contributed by atoms with Crippen LogP contribution >= 0.6 is 7.82 Å². The van der Waals surface area contributed by atoms with Gasteiger partial charge < -0.3 is 28.8 Å². The van der Waals surface area contributed by atoms with Gasteiger partial charge in [-0.2, -0.15) is 0 Å². The number of nitrogens with zero attached hydrogens (tertiary/aromatic N) is 1. The van der Waals surface area contributed by atoms with E-state index in [4.69, 9.17) is 9.05 Å². The molecule has 71 heavy (non-hydrogen) atoms. The Balaban J connectivity index is 4.25. The molecule has 0 spiro atoms. The SMILES string of the molecule is CCCCCCC/C=C\C/C=C\C/C=C\CCCCCCCCCCC(=O)NC(COP(=O)([O-])OCC[N+](C)(C)C)C(O)/C=C/CC/C=C/CCCCCCCCCCCCCCCCCCCCCC. The number of hydrogen-bond donors (Lipinski definition) is 2. The van der Waals surface area contributed by atoms with Gasteiger partial charge in [-0.15, -0.1) is 0 Å². The quantitative estimate of drug-likeness (QED) is 0.0272. The van der Waals surface area contributed by atoms with E-state index in [1.54, 1.807) is 6.08 Å². The third-order valence-corrected chi connectivity index (χ3v) is 14.4. The Morgan fingerprint density at radius 3 is 1.24 bits per heavy atom. The first-order valence-electron chi connectivity index (χ1n) is 30.2. The highest BCUT2D eigenvalue weighted by atomic mass is 31.2. The Kier molecular flexibility index (Phi) is 51.7. The van der Waals surface area contributed by atoms with Gasteiger partial charge in [0.05, 0.1) is 39.9 Å². The van der Waals surface area contributed by atoms with E-state index in [1.165, 1.54) is 193 Å². The van der Waals surface area contributed by atoms with Gasteiger partial charge in [-0.05, 0) is 70.6 Å². The number of amides is 1. The molecule has 0 saturated heterocycles. The molecule has 0 heterocycles. The molecule has 0 bridgehead atoms. The van der Waals surface area contributed by atoms with Crippen molar-refractivity contribution in [1.82, 2.24) is 5.32 Å². The Labute approximate surface area is 441 Å². The van der Waals surface area contributed by atoms with Crippen LogP contribution in [0.4, 0.5) is 0 Å². The number of aliphatic hydroxyl groups is 1. The second-order valence-corrected chi connectivity index (χ2v) is 23.1. The third kappa shape index (κ3) is 55.8. The molecule has 3 atom stereocenters. The van der Waals surface area contributed by atoms with Crippen LogP contribution in [-0.2, 0) is 18.4 Å². The molecule has 3 unspecified atom stereocenters. The van der Waals surface area contributed by atoms with Crippen LogP contribution in [0.1, 0.15) is 277 Å². The minimum absolute atomic E-state index is 0.00972. The third-order valence-electron chi connectivity index (χ3n) is 13.4. The van der Waals surface area contributed by atoms with E-state index >= 15 is 0 Å². The number of nitrogens with one attached hydrogen (secondary N) is 1. The summed E-state index contributed by atoms with van der Waals surface area (Å²) in [6.07, 6.45) is 71.6. The maximum Gasteiger partial charge on any atom is 0.268 e. The zero-order valence-electron chi connectivity index (χ0n) is 47.4. The van der Waals surface area contributed by atoms with E-state index in [0.29, 0.717) is 17.4 Å². The highest BCUT2D eigenvalue weighted by Crippen LogP contribution is 2.38. The van der Waals surface area contributed by atoms with Crippen LogP contribution < -0.4 is 10.2 Å². The van der Waals surface area contributed by atoms with Gasteiger partial charge in [-0.1, -0.05) is 261 Å². The fourth-order valence-electron chi connectivity index (χ4n) is 8.71. The first-order chi connectivity index (χ1) is 34.5. The standard InChI is InChI=1S/C62H117N2O6P/c1-6-8-10-12-14-16-18-20-22-24-26-28-30-31-32-34-35-37-39-41-43-45-47-49-51-53-55-61(65)60(59-70-71(67,68)69-58-57-64(3,4)5)63-62(66)56-54-52-50-48-46-44-42-40-38-36-33-29-27-25-23-21-19-17-15-13-11-9-7-2/h19,21,25,27,33,36,45,47,53,55,60-61,65H,6-18,20,22-24,26,28-32,34-35,37-44,46,48-52,54,56-59H2,1-5H3,(H-,63,66,67,68)/b21-19-,27-25-,36-33-,47-45+,55-53+. The molecular weight excluding hydrogens is 900 g/mol. The average Bonchev–Trinajstić information content (AvgIpc) is 3.33. The molecule has 0 aromatic rings. The van der Waals surface area contributed by atoms with E-state index in [0.717, 1.165) is 64.2 Å². The maximum absolute atomic E-state index is 13.0. The second kappa shape index (κ2) is 53.0. The Morgan fingerprint density at radius 1 is 0.493 bits per heavy atom. The van der Waals surface area contributed by atoms with E-state index in [-0.39, 0.29) is 12.5 Å². The van der Waals surface area contributed by atoms with Gasteiger partial charge in [-0.3, -0.25) is 9.36 Å². The molecule has 1 amide bonds. The molecule has 8 nitrogen and oxygen atoms in total. The first kappa shape index (κ1) is 69.2. The summed E-state index contributed by atoms with van der Waals surface area (Å²) >= 11 is 0. The van der Waals surface area contributed by atoms with Crippen molar-refractivity contribution in [3.63, 3.8) is 0 Å². The lowest BCUT2D eigenvalue weighted by atomic mass is 10.0. The van der Waals surface area contributed by atoms with Crippen molar-refractivity contribution in [3.05, 3.63) is 60.8 Å². The van der Waals surface area contributed by atoms with Gasteiger partial charge >= 0.3 is 0 Å². The minimum atomic E-state index is -4.61. The lowest BCUT2D eigenvalue weighted by Crippen LogP contribution is -2.45. The average molecular weight is 1020 g/mol. The van der Waals surface area contributed by atoms with Crippen LogP contribution in [0.25, 0.3) is 0 Å². The molecular formula is C62H117N2O6P. The largest absolute Gasteiger partial charge is 0.756 e. The zero-order chi connectivity index (χ0) is 52.0. The summed E-state index contributed by atoms with van der Waals surface area (Å²) in [7, 11) is 1.24. The number of likely N-dealkylation sites (N-methyl/N-ethyl adjacent to an activating group) is 1. The number of allylic oxidation sites excluding steroid dienone is 9. The highest BCUT2D eigenvalue weighted by molar-refractivity contribution is 7.45. The van der Waals surface area contributed by atoms with Gasteiger partial charge in [0.15, 0.2) is 0 Å². The first-order valence-corrected chi connectivity index (χ1v) is 31.6. The smallest absolute Gasteiger partial charge is 0.268 e. The predicted octanol–water partition coefficient (Wildman–Crippen LogP) is 17.9.